The van der Waals surface area contributed by atoms with Gasteiger partial charge < -0.3 is 9.84 Å². The van der Waals surface area contributed by atoms with Crippen LogP contribution in [0.15, 0.2) is 42.5 Å². The molecule has 0 saturated carbocycles. The summed E-state index contributed by atoms with van der Waals surface area (Å²) in [4.78, 5) is 16.8. The summed E-state index contributed by atoms with van der Waals surface area (Å²) in [6.45, 7) is 3.61. The summed E-state index contributed by atoms with van der Waals surface area (Å²) in [6, 6.07) is 13.0. The summed E-state index contributed by atoms with van der Waals surface area (Å²) in [6.07, 6.45) is -0.674. The van der Waals surface area contributed by atoms with Gasteiger partial charge in [0.25, 0.3) is 5.91 Å². The Bertz CT molecular complexity index is 876. The van der Waals surface area contributed by atoms with Crippen LogP contribution in [0.5, 0.6) is 5.75 Å². The Morgan fingerprint density at radius 2 is 2.12 bits per heavy atom. The van der Waals surface area contributed by atoms with Gasteiger partial charge in [-0.05, 0) is 43.2 Å². The number of fused-ring (bicyclic) bond motifs is 1. The van der Waals surface area contributed by atoms with Gasteiger partial charge in [0.2, 0.25) is 0 Å². The van der Waals surface area contributed by atoms with Crippen molar-refractivity contribution in [3.63, 3.8) is 0 Å². The van der Waals surface area contributed by atoms with Gasteiger partial charge in [-0.1, -0.05) is 35.6 Å². The molecule has 1 amide bonds. The van der Waals surface area contributed by atoms with Gasteiger partial charge in [0.05, 0.1) is 16.8 Å². The highest BCUT2D eigenvalue weighted by atomic mass is 32.1. The SMILES string of the molecule is Cc1cccc2sc(NC(=O)C(C)Oc3cccc(CO)c3)nc12. The fourth-order valence-electron chi connectivity index (χ4n) is 2.32. The second kappa shape index (κ2) is 6.98. The molecule has 0 saturated heterocycles. The number of aliphatic hydroxyl groups excluding tert-OH is 1. The summed E-state index contributed by atoms with van der Waals surface area (Å²) in [5.41, 5.74) is 2.72. The monoisotopic (exact) mass is 342 g/mol. The average molecular weight is 342 g/mol. The molecule has 0 fully saturated rings. The molecular formula is C18H18N2O3S. The van der Waals surface area contributed by atoms with E-state index in [1.54, 1.807) is 31.2 Å². The fourth-order valence-corrected chi connectivity index (χ4v) is 3.27. The Morgan fingerprint density at radius 1 is 1.33 bits per heavy atom. The molecule has 24 heavy (non-hydrogen) atoms. The number of para-hydroxylation sites is 1. The highest BCUT2D eigenvalue weighted by Crippen LogP contribution is 2.28. The summed E-state index contributed by atoms with van der Waals surface area (Å²) in [5, 5.41) is 12.5. The lowest BCUT2D eigenvalue weighted by atomic mass is 10.2. The van der Waals surface area contributed by atoms with Crippen LogP contribution in [0.1, 0.15) is 18.1 Å². The molecular weight excluding hydrogens is 324 g/mol. The quantitative estimate of drug-likeness (QED) is 0.744. The predicted octanol–water partition coefficient (Wildman–Crippen LogP) is 3.50. The Morgan fingerprint density at radius 3 is 2.88 bits per heavy atom. The second-order valence-electron chi connectivity index (χ2n) is 5.50. The number of anilines is 1. The van der Waals surface area contributed by atoms with Crippen molar-refractivity contribution in [3.05, 3.63) is 53.6 Å². The van der Waals surface area contributed by atoms with E-state index < -0.39 is 6.10 Å². The van der Waals surface area contributed by atoms with Crippen LogP contribution in [0, 0.1) is 6.92 Å². The molecule has 1 aromatic heterocycles. The van der Waals surface area contributed by atoms with E-state index in [1.165, 1.54) is 11.3 Å². The largest absolute Gasteiger partial charge is 0.481 e. The number of hydrogen-bond acceptors (Lipinski definition) is 5. The van der Waals surface area contributed by atoms with Crippen molar-refractivity contribution in [2.45, 2.75) is 26.6 Å². The van der Waals surface area contributed by atoms with Gasteiger partial charge >= 0.3 is 0 Å². The zero-order valence-electron chi connectivity index (χ0n) is 13.4. The van der Waals surface area contributed by atoms with Gasteiger partial charge in [0.1, 0.15) is 5.75 Å². The summed E-state index contributed by atoms with van der Waals surface area (Å²) >= 11 is 1.44. The van der Waals surface area contributed by atoms with Gasteiger partial charge in [-0.2, -0.15) is 0 Å². The maximum atomic E-state index is 12.3. The van der Waals surface area contributed by atoms with Crippen LogP contribution < -0.4 is 10.1 Å². The average Bonchev–Trinajstić information content (AvgIpc) is 2.99. The van der Waals surface area contributed by atoms with Crippen molar-refractivity contribution in [1.29, 1.82) is 0 Å². The van der Waals surface area contributed by atoms with Crippen LogP contribution in [-0.4, -0.2) is 22.1 Å². The zero-order valence-corrected chi connectivity index (χ0v) is 14.3. The number of ether oxygens (including phenoxy) is 1. The van der Waals surface area contributed by atoms with Gasteiger partial charge in [0, 0.05) is 0 Å². The summed E-state index contributed by atoms with van der Waals surface area (Å²) in [7, 11) is 0. The summed E-state index contributed by atoms with van der Waals surface area (Å²) < 4.78 is 6.68. The normalized spacial score (nSPS) is 12.1. The minimum Gasteiger partial charge on any atom is -0.481 e. The number of carbonyl (C=O) groups excluding carboxylic acids is 1. The molecule has 0 radical (unpaired) electrons. The fraction of sp³-hybridized carbons (Fsp3) is 0.222. The Kier molecular flexibility index (Phi) is 4.78. The van der Waals surface area contributed by atoms with E-state index >= 15 is 0 Å². The van der Waals surface area contributed by atoms with E-state index in [2.05, 4.69) is 10.3 Å². The molecule has 0 spiro atoms. The minimum atomic E-state index is -0.674. The van der Waals surface area contributed by atoms with Crippen molar-refractivity contribution in [2.24, 2.45) is 0 Å². The lowest BCUT2D eigenvalue weighted by molar-refractivity contribution is -0.122. The first-order valence-corrected chi connectivity index (χ1v) is 8.42. The number of nitrogens with zero attached hydrogens (tertiary/aromatic N) is 1. The molecule has 124 valence electrons. The number of aromatic nitrogens is 1. The number of aryl methyl sites for hydroxylation is 1. The number of amides is 1. The highest BCUT2D eigenvalue weighted by Gasteiger charge is 2.17. The minimum absolute atomic E-state index is 0.0666. The molecule has 0 aliphatic rings. The van der Waals surface area contributed by atoms with E-state index in [1.807, 2.05) is 25.1 Å². The van der Waals surface area contributed by atoms with E-state index in [-0.39, 0.29) is 12.5 Å². The van der Waals surface area contributed by atoms with Crippen LogP contribution in [0.3, 0.4) is 0 Å². The van der Waals surface area contributed by atoms with Gasteiger partial charge in [-0.25, -0.2) is 4.98 Å². The predicted molar refractivity (Wildman–Crippen MR) is 95.4 cm³/mol. The van der Waals surface area contributed by atoms with Crippen LogP contribution in [0.4, 0.5) is 5.13 Å². The van der Waals surface area contributed by atoms with E-state index in [9.17, 15) is 4.79 Å². The molecule has 6 heteroatoms. The molecule has 0 aliphatic carbocycles. The lowest BCUT2D eigenvalue weighted by Gasteiger charge is -2.14. The molecule has 0 aliphatic heterocycles. The third kappa shape index (κ3) is 3.55. The second-order valence-corrected chi connectivity index (χ2v) is 6.53. The van der Waals surface area contributed by atoms with Crippen LogP contribution >= 0.6 is 11.3 Å². The Hall–Kier alpha value is -2.44. The number of hydrogen-bond donors (Lipinski definition) is 2. The maximum absolute atomic E-state index is 12.3. The molecule has 3 rings (SSSR count). The van der Waals surface area contributed by atoms with Crippen molar-refractivity contribution in [1.82, 2.24) is 4.98 Å². The first-order valence-electron chi connectivity index (χ1n) is 7.60. The first-order chi connectivity index (χ1) is 11.6. The van der Waals surface area contributed by atoms with Crippen molar-refractivity contribution in [3.8, 4) is 5.75 Å². The van der Waals surface area contributed by atoms with E-state index in [4.69, 9.17) is 9.84 Å². The topological polar surface area (TPSA) is 71.5 Å². The Balaban J connectivity index is 1.69. The third-order valence-corrected chi connectivity index (χ3v) is 4.55. The number of thiazole rings is 1. The van der Waals surface area contributed by atoms with Gasteiger partial charge in [-0.3, -0.25) is 10.1 Å². The van der Waals surface area contributed by atoms with Gasteiger partial charge in [-0.15, -0.1) is 0 Å². The molecule has 2 aromatic carbocycles. The third-order valence-electron chi connectivity index (χ3n) is 3.61. The zero-order chi connectivity index (χ0) is 17.1. The van der Waals surface area contributed by atoms with Crippen molar-refractivity contribution < 1.29 is 14.6 Å². The molecule has 1 atom stereocenters. The molecule has 5 nitrogen and oxygen atoms in total. The molecule has 1 heterocycles. The summed E-state index contributed by atoms with van der Waals surface area (Å²) in [5.74, 6) is 0.283. The maximum Gasteiger partial charge on any atom is 0.266 e. The standard InChI is InChI=1S/C18H18N2O3S/c1-11-5-3-8-15-16(11)19-18(24-15)20-17(22)12(2)23-14-7-4-6-13(9-14)10-21/h3-9,12,21H,10H2,1-2H3,(H,19,20,22). The Labute approximate surface area is 143 Å². The number of nitrogens with one attached hydrogen (secondary N) is 1. The van der Waals surface area contributed by atoms with Crippen LogP contribution in [-0.2, 0) is 11.4 Å². The van der Waals surface area contributed by atoms with Crippen molar-refractivity contribution >= 4 is 32.6 Å². The lowest BCUT2D eigenvalue weighted by Crippen LogP contribution is -2.30. The van der Waals surface area contributed by atoms with E-state index in [0.717, 1.165) is 21.3 Å². The first kappa shape index (κ1) is 16.4. The van der Waals surface area contributed by atoms with Gasteiger partial charge in [0.15, 0.2) is 11.2 Å². The molecule has 0 bridgehead atoms. The number of rotatable bonds is 5. The molecule has 1 unspecified atom stereocenters. The van der Waals surface area contributed by atoms with Crippen LogP contribution in [0.25, 0.3) is 10.2 Å². The molecule has 3 aromatic rings. The van der Waals surface area contributed by atoms with Crippen LogP contribution in [0.2, 0.25) is 0 Å². The van der Waals surface area contributed by atoms with Crippen molar-refractivity contribution in [2.75, 3.05) is 5.32 Å². The molecule has 2 N–H and O–H groups in total. The smallest absolute Gasteiger partial charge is 0.266 e. The number of carbonyl (C=O) groups is 1. The number of aliphatic hydroxyl groups is 1. The number of benzene rings is 2. The van der Waals surface area contributed by atoms with E-state index in [0.29, 0.717) is 10.9 Å². The highest BCUT2D eigenvalue weighted by molar-refractivity contribution is 7.22.